The van der Waals surface area contributed by atoms with Crippen LogP contribution in [0.15, 0.2) is 47.4 Å². The molecule has 0 atom stereocenters. The van der Waals surface area contributed by atoms with E-state index in [1.807, 2.05) is 0 Å². The molecule has 0 saturated carbocycles. The predicted molar refractivity (Wildman–Crippen MR) is 146 cm³/mol. The summed E-state index contributed by atoms with van der Waals surface area (Å²) in [5.41, 5.74) is 4.53. The van der Waals surface area contributed by atoms with Crippen molar-refractivity contribution in [3.63, 3.8) is 0 Å². The first-order valence-electron chi connectivity index (χ1n) is 12.4. The highest BCUT2D eigenvalue weighted by atomic mass is 32.1. The molecule has 31 heavy (non-hydrogen) atoms. The summed E-state index contributed by atoms with van der Waals surface area (Å²) < 4.78 is 0. The Hall–Kier alpha value is -0.993. The van der Waals surface area contributed by atoms with Crippen LogP contribution in [-0.2, 0) is 16.9 Å². The summed E-state index contributed by atoms with van der Waals surface area (Å²) in [7, 11) is -1.66. The monoisotopic (exact) mass is 454 g/mol. The van der Waals surface area contributed by atoms with Crippen molar-refractivity contribution < 1.29 is 0 Å². The van der Waals surface area contributed by atoms with E-state index in [4.69, 9.17) is 12.6 Å². The van der Waals surface area contributed by atoms with Gasteiger partial charge in [-0.3, -0.25) is 0 Å². The molecular weight excluding hydrogens is 408 g/mol. The van der Waals surface area contributed by atoms with Gasteiger partial charge in [0, 0.05) is 4.90 Å². The largest absolute Gasteiger partial charge is 0.143 e. The summed E-state index contributed by atoms with van der Waals surface area (Å²) in [5.74, 6) is 0. The van der Waals surface area contributed by atoms with E-state index in [2.05, 4.69) is 97.9 Å². The molecule has 0 amide bonds. The molecule has 0 saturated heterocycles. The SMILES string of the molecule is CCCC[Si](CCCC)(Cc1cc(C(C)(C)C)c(S)c(C(C)(C)C)c1)c1ccccc1. The molecule has 0 unspecified atom stereocenters. The minimum absolute atomic E-state index is 0.0941. The van der Waals surface area contributed by atoms with Crippen LogP contribution in [0, 0.1) is 0 Å². The van der Waals surface area contributed by atoms with Crippen molar-refractivity contribution in [2.45, 2.75) is 115 Å². The van der Waals surface area contributed by atoms with E-state index in [0.717, 1.165) is 0 Å². The third-order valence-electron chi connectivity index (χ3n) is 6.73. The fourth-order valence-electron chi connectivity index (χ4n) is 4.85. The van der Waals surface area contributed by atoms with Crippen LogP contribution < -0.4 is 5.19 Å². The van der Waals surface area contributed by atoms with Crippen LogP contribution in [-0.4, -0.2) is 8.07 Å². The van der Waals surface area contributed by atoms with Crippen LogP contribution in [0.25, 0.3) is 0 Å². The molecule has 0 aliphatic carbocycles. The Bertz CT molecular complexity index is 781. The van der Waals surface area contributed by atoms with Crippen molar-refractivity contribution in [3.8, 4) is 0 Å². The second kappa shape index (κ2) is 10.7. The average Bonchev–Trinajstić information content (AvgIpc) is 2.70. The molecule has 0 bridgehead atoms. The van der Waals surface area contributed by atoms with Gasteiger partial charge in [-0.15, -0.1) is 12.6 Å². The molecule has 0 radical (unpaired) electrons. The van der Waals surface area contributed by atoms with E-state index in [1.54, 1.807) is 5.19 Å². The van der Waals surface area contributed by atoms with Crippen molar-refractivity contribution in [2.24, 2.45) is 0 Å². The summed E-state index contributed by atoms with van der Waals surface area (Å²) in [4.78, 5) is 1.19. The summed E-state index contributed by atoms with van der Waals surface area (Å²) in [6.45, 7) is 18.7. The maximum Gasteiger partial charge on any atom is 0.0910 e. The number of unbranched alkanes of at least 4 members (excludes halogenated alkanes) is 2. The first-order chi connectivity index (χ1) is 14.4. The Morgan fingerprint density at radius 3 is 1.58 bits per heavy atom. The topological polar surface area (TPSA) is 0 Å². The average molecular weight is 455 g/mol. The van der Waals surface area contributed by atoms with Crippen LogP contribution in [0.1, 0.15) is 97.8 Å². The Labute approximate surface area is 199 Å². The molecule has 2 aromatic rings. The van der Waals surface area contributed by atoms with Crippen LogP contribution in [0.2, 0.25) is 12.1 Å². The molecule has 2 heteroatoms. The summed E-state index contributed by atoms with van der Waals surface area (Å²) in [6.07, 6.45) is 5.25. The molecule has 0 nitrogen and oxygen atoms in total. The van der Waals surface area contributed by atoms with Crippen molar-refractivity contribution in [1.29, 1.82) is 0 Å². The second-order valence-electron chi connectivity index (χ2n) is 11.6. The lowest BCUT2D eigenvalue weighted by Gasteiger charge is -2.35. The minimum Gasteiger partial charge on any atom is -0.143 e. The van der Waals surface area contributed by atoms with E-state index < -0.39 is 8.07 Å². The first-order valence-corrected chi connectivity index (χ1v) is 15.4. The molecule has 0 aliphatic heterocycles. The highest BCUT2D eigenvalue weighted by Crippen LogP contribution is 2.38. The van der Waals surface area contributed by atoms with Crippen molar-refractivity contribution in [3.05, 3.63) is 59.2 Å². The maximum atomic E-state index is 5.05. The quantitative estimate of drug-likeness (QED) is 0.284. The van der Waals surface area contributed by atoms with Crippen molar-refractivity contribution in [2.75, 3.05) is 0 Å². The van der Waals surface area contributed by atoms with E-state index in [-0.39, 0.29) is 10.8 Å². The number of benzene rings is 2. The second-order valence-corrected chi connectivity index (χ2v) is 16.5. The Morgan fingerprint density at radius 2 is 1.19 bits per heavy atom. The number of hydrogen-bond donors (Lipinski definition) is 1. The molecule has 0 aromatic heterocycles. The lowest BCUT2D eigenvalue weighted by molar-refractivity contribution is 0.546. The van der Waals surface area contributed by atoms with Gasteiger partial charge >= 0.3 is 0 Å². The van der Waals surface area contributed by atoms with Crippen molar-refractivity contribution in [1.82, 2.24) is 0 Å². The fraction of sp³-hybridized carbons (Fsp3) is 0.586. The van der Waals surface area contributed by atoms with Crippen LogP contribution in [0.3, 0.4) is 0 Å². The zero-order valence-corrected chi connectivity index (χ0v) is 23.3. The lowest BCUT2D eigenvalue weighted by atomic mass is 9.79. The van der Waals surface area contributed by atoms with Gasteiger partial charge in [0.25, 0.3) is 0 Å². The first kappa shape index (κ1) is 26.3. The Balaban J connectivity index is 2.67. The molecule has 0 fully saturated rings. The normalized spacial score (nSPS) is 12.9. The smallest absolute Gasteiger partial charge is 0.0910 e. The summed E-state index contributed by atoms with van der Waals surface area (Å²) in [6, 6.07) is 20.6. The highest BCUT2D eigenvalue weighted by Gasteiger charge is 2.35. The van der Waals surface area contributed by atoms with E-state index in [0.29, 0.717) is 0 Å². The van der Waals surface area contributed by atoms with Gasteiger partial charge in [0.1, 0.15) is 0 Å². The molecular formula is C29H46SSi. The van der Waals surface area contributed by atoms with Gasteiger partial charge < -0.3 is 0 Å². The van der Waals surface area contributed by atoms with Gasteiger partial charge in [-0.25, -0.2) is 0 Å². The maximum absolute atomic E-state index is 5.05. The van der Waals surface area contributed by atoms with E-state index in [9.17, 15) is 0 Å². The molecule has 0 heterocycles. The van der Waals surface area contributed by atoms with Crippen LogP contribution in [0.5, 0.6) is 0 Å². The number of thiol groups is 1. The van der Waals surface area contributed by atoms with Crippen LogP contribution >= 0.6 is 12.6 Å². The minimum atomic E-state index is -1.66. The van der Waals surface area contributed by atoms with Gasteiger partial charge in [0.05, 0.1) is 8.07 Å². The predicted octanol–water partition coefficient (Wildman–Crippen LogP) is 8.61. The molecule has 0 aliphatic rings. The van der Waals surface area contributed by atoms with Gasteiger partial charge in [-0.2, -0.15) is 0 Å². The van der Waals surface area contributed by atoms with Crippen molar-refractivity contribution >= 4 is 25.9 Å². The van der Waals surface area contributed by atoms with E-state index >= 15 is 0 Å². The third-order valence-corrected chi connectivity index (χ3v) is 12.5. The third kappa shape index (κ3) is 6.74. The highest BCUT2D eigenvalue weighted by molar-refractivity contribution is 7.80. The number of hydrogen-bond acceptors (Lipinski definition) is 1. The molecule has 172 valence electrons. The van der Waals surface area contributed by atoms with Gasteiger partial charge in [0.2, 0.25) is 0 Å². The van der Waals surface area contributed by atoms with E-state index in [1.165, 1.54) is 65.4 Å². The summed E-state index contributed by atoms with van der Waals surface area (Å²) >= 11 is 5.05. The van der Waals surface area contributed by atoms with Gasteiger partial charge in [-0.1, -0.05) is 141 Å². The lowest BCUT2D eigenvalue weighted by Crippen LogP contribution is -2.50. The van der Waals surface area contributed by atoms with Gasteiger partial charge in [-0.05, 0) is 33.6 Å². The molecule has 0 spiro atoms. The molecule has 2 rings (SSSR count). The molecule has 2 aromatic carbocycles. The molecule has 0 N–H and O–H groups in total. The zero-order valence-electron chi connectivity index (χ0n) is 21.4. The van der Waals surface area contributed by atoms with Gasteiger partial charge in [0.15, 0.2) is 0 Å². The number of rotatable bonds is 9. The van der Waals surface area contributed by atoms with Crippen LogP contribution in [0.4, 0.5) is 0 Å². The Kier molecular flexibility index (Phi) is 9.11. The Morgan fingerprint density at radius 1 is 0.742 bits per heavy atom. The standard InChI is InChI=1S/C29H46SSi/c1-9-11-18-31(19-12-10-2,24-16-14-13-15-17-24)22-23-20-25(28(3,4)5)27(30)26(21-23)29(6,7)8/h13-17,20-21,30H,9-12,18-19,22H2,1-8H3. The fourth-order valence-corrected chi connectivity index (χ4v) is 11.0. The zero-order chi connectivity index (χ0) is 23.3. The summed E-state index contributed by atoms with van der Waals surface area (Å²) in [5, 5.41) is 1.65.